The van der Waals surface area contributed by atoms with Crippen LogP contribution in [0.1, 0.15) is 42.7 Å². The maximum Gasteiger partial charge on any atom is 0.00235 e. The molecule has 1 N–H and O–H groups in total. The van der Waals surface area contributed by atoms with Gasteiger partial charge in [0.1, 0.15) is 0 Å². The van der Waals surface area contributed by atoms with Crippen LogP contribution in [-0.4, -0.2) is 13.1 Å². The highest BCUT2D eigenvalue weighted by Gasteiger charge is 2.18. The fourth-order valence-corrected chi connectivity index (χ4v) is 3.16. The lowest BCUT2D eigenvalue weighted by molar-refractivity contribution is 0.587. The minimum Gasteiger partial charge on any atom is -0.316 e. The molecular weight excluding hydrogens is 206 g/mol. The summed E-state index contributed by atoms with van der Waals surface area (Å²) in [6.07, 6.45) is 9.03. The predicted octanol–water partition coefficient (Wildman–Crippen LogP) is 3.42. The van der Waals surface area contributed by atoms with E-state index in [-0.39, 0.29) is 0 Å². The van der Waals surface area contributed by atoms with Crippen molar-refractivity contribution in [3.05, 3.63) is 47.0 Å². The number of hydrogen-bond donors (Lipinski definition) is 1. The molecule has 0 bridgehead atoms. The van der Waals surface area contributed by atoms with Crippen LogP contribution in [0.25, 0.3) is 0 Å². The van der Waals surface area contributed by atoms with Gasteiger partial charge in [-0.3, -0.25) is 0 Å². The van der Waals surface area contributed by atoms with E-state index in [1.165, 1.54) is 45.2 Å². The molecule has 0 radical (unpaired) electrons. The molecule has 2 aliphatic rings. The molecule has 1 aliphatic carbocycles. The van der Waals surface area contributed by atoms with Crippen molar-refractivity contribution in [2.24, 2.45) is 0 Å². The number of hydrogen-bond acceptors (Lipinski definition) is 1. The van der Waals surface area contributed by atoms with E-state index in [4.69, 9.17) is 0 Å². The van der Waals surface area contributed by atoms with E-state index in [1.807, 2.05) is 0 Å². The number of fused-ring (bicyclic) bond motifs is 1. The molecule has 1 heteroatoms. The highest BCUT2D eigenvalue weighted by molar-refractivity contribution is 5.36. The Morgan fingerprint density at radius 3 is 2.76 bits per heavy atom. The van der Waals surface area contributed by atoms with Gasteiger partial charge in [0.25, 0.3) is 0 Å². The van der Waals surface area contributed by atoms with Gasteiger partial charge >= 0.3 is 0 Å². The molecule has 1 aliphatic heterocycles. The number of aryl methyl sites for hydroxylation is 1. The summed E-state index contributed by atoms with van der Waals surface area (Å²) in [6.45, 7) is 2.33. The Morgan fingerprint density at radius 2 is 1.88 bits per heavy atom. The van der Waals surface area contributed by atoms with Gasteiger partial charge in [-0.1, -0.05) is 35.9 Å². The number of nitrogens with one attached hydrogen (secondary N) is 1. The van der Waals surface area contributed by atoms with Crippen LogP contribution in [0.2, 0.25) is 0 Å². The van der Waals surface area contributed by atoms with Crippen molar-refractivity contribution < 1.29 is 0 Å². The molecule has 1 atom stereocenters. The highest BCUT2D eigenvalue weighted by Crippen LogP contribution is 2.34. The summed E-state index contributed by atoms with van der Waals surface area (Å²) in [4.78, 5) is 0. The van der Waals surface area contributed by atoms with Crippen LogP contribution in [0.4, 0.5) is 0 Å². The maximum atomic E-state index is 3.43. The molecule has 1 aromatic rings. The monoisotopic (exact) mass is 227 g/mol. The topological polar surface area (TPSA) is 12.0 Å². The summed E-state index contributed by atoms with van der Waals surface area (Å²) in [5.74, 6) is 0.688. The quantitative estimate of drug-likeness (QED) is 0.725. The number of rotatable bonds is 1. The minimum absolute atomic E-state index is 0.688. The van der Waals surface area contributed by atoms with Crippen LogP contribution in [0.3, 0.4) is 0 Å². The van der Waals surface area contributed by atoms with Crippen molar-refractivity contribution in [1.82, 2.24) is 5.32 Å². The summed E-state index contributed by atoms with van der Waals surface area (Å²) in [6, 6.07) is 9.01. The maximum absolute atomic E-state index is 3.43. The Bertz CT molecular complexity index is 411. The molecule has 0 amide bonds. The van der Waals surface area contributed by atoms with E-state index >= 15 is 0 Å². The van der Waals surface area contributed by atoms with Crippen molar-refractivity contribution in [2.45, 2.75) is 38.0 Å². The molecule has 1 heterocycles. The predicted molar refractivity (Wildman–Crippen MR) is 72.3 cm³/mol. The lowest BCUT2D eigenvalue weighted by atomic mass is 9.81. The van der Waals surface area contributed by atoms with Gasteiger partial charge in [0.15, 0.2) is 0 Å². The molecule has 1 unspecified atom stereocenters. The van der Waals surface area contributed by atoms with Crippen LogP contribution in [0.5, 0.6) is 0 Å². The zero-order chi connectivity index (χ0) is 11.5. The standard InChI is InChI=1S/C16H21N/c1-2-7-16-14(4-1)5-3-6-15(16)12-13-8-10-17-11-9-13/h1-2,4,7,12,15,17H,3,5-6,8-11H2. The van der Waals surface area contributed by atoms with Crippen molar-refractivity contribution in [3.63, 3.8) is 0 Å². The molecular formula is C16H21N. The van der Waals surface area contributed by atoms with Gasteiger partial charge in [0.05, 0.1) is 0 Å². The molecule has 0 saturated carbocycles. The molecule has 1 saturated heterocycles. The van der Waals surface area contributed by atoms with Crippen LogP contribution in [0.15, 0.2) is 35.9 Å². The molecule has 0 spiro atoms. The number of allylic oxidation sites excluding steroid dienone is 1. The Balaban J connectivity index is 1.84. The van der Waals surface area contributed by atoms with Gasteiger partial charge < -0.3 is 5.32 Å². The molecule has 17 heavy (non-hydrogen) atoms. The van der Waals surface area contributed by atoms with E-state index in [9.17, 15) is 0 Å². The second kappa shape index (κ2) is 5.05. The molecule has 3 rings (SSSR count). The van der Waals surface area contributed by atoms with Crippen LogP contribution in [-0.2, 0) is 6.42 Å². The Kier molecular flexibility index (Phi) is 3.28. The molecule has 1 nitrogen and oxygen atoms in total. The third kappa shape index (κ3) is 2.44. The minimum atomic E-state index is 0.688. The molecule has 90 valence electrons. The van der Waals surface area contributed by atoms with Crippen LogP contribution >= 0.6 is 0 Å². The van der Waals surface area contributed by atoms with E-state index in [0.717, 1.165) is 0 Å². The highest BCUT2D eigenvalue weighted by atomic mass is 14.9. The van der Waals surface area contributed by atoms with E-state index in [0.29, 0.717) is 5.92 Å². The lowest BCUT2D eigenvalue weighted by Crippen LogP contribution is -2.23. The average Bonchev–Trinajstić information content (AvgIpc) is 2.40. The van der Waals surface area contributed by atoms with Crippen molar-refractivity contribution >= 4 is 0 Å². The fourth-order valence-electron chi connectivity index (χ4n) is 3.16. The summed E-state index contributed by atoms with van der Waals surface area (Å²) in [5.41, 5.74) is 4.84. The van der Waals surface area contributed by atoms with E-state index in [1.54, 1.807) is 16.7 Å². The second-order valence-corrected chi connectivity index (χ2v) is 5.27. The molecule has 1 fully saturated rings. The van der Waals surface area contributed by atoms with E-state index < -0.39 is 0 Å². The summed E-state index contributed by atoms with van der Waals surface area (Å²) in [7, 11) is 0. The van der Waals surface area contributed by atoms with Crippen molar-refractivity contribution in [2.75, 3.05) is 13.1 Å². The first-order chi connectivity index (χ1) is 8.43. The van der Waals surface area contributed by atoms with Gasteiger partial charge in [-0.25, -0.2) is 0 Å². The Morgan fingerprint density at radius 1 is 1.06 bits per heavy atom. The van der Waals surface area contributed by atoms with Crippen molar-refractivity contribution in [3.8, 4) is 0 Å². The summed E-state index contributed by atoms with van der Waals surface area (Å²) >= 11 is 0. The molecule has 0 aromatic heterocycles. The Labute approximate surface area is 104 Å². The average molecular weight is 227 g/mol. The zero-order valence-corrected chi connectivity index (χ0v) is 10.4. The normalized spacial score (nSPS) is 24.2. The van der Waals surface area contributed by atoms with Gasteiger partial charge in [0, 0.05) is 5.92 Å². The van der Waals surface area contributed by atoms with Gasteiger partial charge in [-0.05, 0) is 56.3 Å². The van der Waals surface area contributed by atoms with Gasteiger partial charge in [-0.2, -0.15) is 0 Å². The summed E-state index contributed by atoms with van der Waals surface area (Å²) < 4.78 is 0. The van der Waals surface area contributed by atoms with Crippen molar-refractivity contribution in [1.29, 1.82) is 0 Å². The Hall–Kier alpha value is -1.08. The summed E-state index contributed by atoms with van der Waals surface area (Å²) in [5, 5.41) is 3.43. The first kappa shape index (κ1) is 11.0. The smallest absolute Gasteiger partial charge is 0.00235 e. The largest absolute Gasteiger partial charge is 0.316 e. The third-order valence-corrected chi connectivity index (χ3v) is 4.10. The SMILES string of the molecule is C(=C1CCNCC1)C1CCCc2ccccc21. The van der Waals surface area contributed by atoms with Gasteiger partial charge in [-0.15, -0.1) is 0 Å². The van der Waals surface area contributed by atoms with Gasteiger partial charge in [0.2, 0.25) is 0 Å². The van der Waals surface area contributed by atoms with Crippen LogP contribution in [0, 0.1) is 0 Å². The molecule has 1 aromatic carbocycles. The zero-order valence-electron chi connectivity index (χ0n) is 10.4. The fraction of sp³-hybridized carbons (Fsp3) is 0.500. The first-order valence-corrected chi connectivity index (χ1v) is 6.91. The van der Waals surface area contributed by atoms with E-state index in [2.05, 4.69) is 35.7 Å². The number of piperidine rings is 1. The number of benzene rings is 1. The lowest BCUT2D eigenvalue weighted by Gasteiger charge is -2.25. The second-order valence-electron chi connectivity index (χ2n) is 5.27. The van der Waals surface area contributed by atoms with Crippen LogP contribution < -0.4 is 5.32 Å². The first-order valence-electron chi connectivity index (χ1n) is 6.91. The third-order valence-electron chi connectivity index (χ3n) is 4.10.